The molecule has 0 amide bonds. The Balaban J connectivity index is 1.41. The van der Waals surface area contributed by atoms with Crippen LogP contribution in [0.5, 0.6) is 5.75 Å². The van der Waals surface area contributed by atoms with Crippen molar-refractivity contribution in [2.24, 2.45) is 23.2 Å². The smallest absolute Gasteiger partial charge is 0.131 e. The number of benzene rings is 1. The lowest BCUT2D eigenvalue weighted by Gasteiger charge is -2.51. The number of carbonyl (C=O) groups is 1. The highest BCUT2D eigenvalue weighted by Crippen LogP contribution is 2.60. The minimum Gasteiger partial charge on any atom is -0.493 e. The van der Waals surface area contributed by atoms with Crippen molar-refractivity contribution in [2.45, 2.75) is 90.4 Å². The first-order valence-corrected chi connectivity index (χ1v) is 12.3. The average molecular weight is 407 g/mol. The van der Waals surface area contributed by atoms with Crippen molar-refractivity contribution in [3.05, 3.63) is 29.8 Å². The number of carbonyl (C=O) groups excluding carboxylic acids is 1. The van der Waals surface area contributed by atoms with E-state index in [-0.39, 0.29) is 11.7 Å². The second-order valence-corrected chi connectivity index (χ2v) is 10.2. The molecule has 0 radical (unpaired) electrons. The van der Waals surface area contributed by atoms with Crippen LogP contribution in [0.15, 0.2) is 24.3 Å². The van der Waals surface area contributed by atoms with Crippen LogP contribution in [0.2, 0.25) is 0 Å². The fourth-order valence-corrected chi connectivity index (χ4v) is 6.64. The van der Waals surface area contributed by atoms with Gasteiger partial charge in [0.1, 0.15) is 11.5 Å². The molecule has 3 aliphatic carbocycles. The maximum absolute atomic E-state index is 11.6. The molecule has 0 N–H and O–H groups in total. The molecule has 3 fully saturated rings. The van der Waals surface area contributed by atoms with E-state index in [1.54, 1.807) is 6.92 Å². The van der Waals surface area contributed by atoms with Gasteiger partial charge in [-0.25, -0.2) is 0 Å². The Bertz CT molecular complexity index is 766. The molecule has 3 atom stereocenters. The van der Waals surface area contributed by atoms with Crippen LogP contribution in [0.3, 0.4) is 0 Å². The molecule has 1 aromatic rings. The van der Waals surface area contributed by atoms with Gasteiger partial charge in [-0.15, -0.1) is 5.92 Å². The zero-order valence-corrected chi connectivity index (χ0v) is 18.9. The molecule has 30 heavy (non-hydrogen) atoms. The first kappa shape index (κ1) is 21.5. The number of ketones is 1. The van der Waals surface area contributed by atoms with Gasteiger partial charge >= 0.3 is 0 Å². The Hall–Kier alpha value is -1.75. The summed E-state index contributed by atoms with van der Waals surface area (Å²) in [5, 5.41) is 0. The minimum absolute atomic E-state index is 0.00898. The quantitative estimate of drug-likeness (QED) is 0.459. The molecule has 0 aromatic heterocycles. The molecule has 4 rings (SSSR count). The molecule has 1 spiro atoms. The number of rotatable bonds is 7. The van der Waals surface area contributed by atoms with Crippen molar-refractivity contribution in [3.63, 3.8) is 0 Å². The van der Waals surface area contributed by atoms with E-state index < -0.39 is 0 Å². The van der Waals surface area contributed by atoms with Gasteiger partial charge in [-0.05, 0) is 93.2 Å². The van der Waals surface area contributed by atoms with Gasteiger partial charge in [-0.3, -0.25) is 4.79 Å². The zero-order valence-electron chi connectivity index (χ0n) is 18.9. The van der Waals surface area contributed by atoms with E-state index >= 15 is 0 Å². The molecular weight excluding hydrogens is 368 g/mol. The number of hydrogen-bond acceptors (Lipinski definition) is 2. The van der Waals surface area contributed by atoms with Gasteiger partial charge < -0.3 is 4.74 Å². The van der Waals surface area contributed by atoms with Crippen LogP contribution in [0.4, 0.5) is 0 Å². The molecule has 2 heteroatoms. The van der Waals surface area contributed by atoms with E-state index in [0.29, 0.717) is 11.8 Å². The summed E-state index contributed by atoms with van der Waals surface area (Å²) in [6, 6.07) is 8.33. The Morgan fingerprint density at radius 2 is 1.77 bits per heavy atom. The van der Waals surface area contributed by atoms with Crippen LogP contribution in [0.1, 0.15) is 96.0 Å². The van der Waals surface area contributed by atoms with E-state index in [2.05, 4.69) is 36.1 Å². The fourth-order valence-electron chi connectivity index (χ4n) is 6.64. The number of ether oxygens (including phenoxy) is 1. The molecule has 1 aromatic carbocycles. The Morgan fingerprint density at radius 1 is 1.07 bits per heavy atom. The van der Waals surface area contributed by atoms with Gasteiger partial charge in [0.25, 0.3) is 0 Å². The van der Waals surface area contributed by atoms with Crippen molar-refractivity contribution >= 4 is 5.78 Å². The number of Topliss-reactive ketones (excluding diaryl/α,β-unsaturated/α-hetero) is 1. The Labute approximate surface area is 183 Å². The highest BCUT2D eigenvalue weighted by molar-refractivity contribution is 5.77. The molecule has 3 unspecified atom stereocenters. The second kappa shape index (κ2) is 9.59. The van der Waals surface area contributed by atoms with E-state index in [1.165, 1.54) is 64.2 Å². The van der Waals surface area contributed by atoms with Gasteiger partial charge in [0, 0.05) is 6.42 Å². The molecular formula is C28H38O2. The van der Waals surface area contributed by atoms with Crippen molar-refractivity contribution in [1.29, 1.82) is 0 Å². The number of hydrogen-bond donors (Lipinski definition) is 0. The third kappa shape index (κ3) is 4.93. The Kier molecular flexibility index (Phi) is 6.87. The minimum atomic E-state index is -0.00898. The molecule has 3 aliphatic rings. The summed E-state index contributed by atoms with van der Waals surface area (Å²) in [6.07, 6.45) is 14.8. The zero-order chi connectivity index (χ0) is 21.0. The maximum atomic E-state index is 11.6. The predicted octanol–water partition coefficient (Wildman–Crippen LogP) is 6.93. The largest absolute Gasteiger partial charge is 0.493 e. The lowest BCUT2D eigenvalue weighted by atomic mass is 9.55. The molecule has 0 bridgehead atoms. The van der Waals surface area contributed by atoms with E-state index in [9.17, 15) is 4.79 Å². The van der Waals surface area contributed by atoms with Crippen LogP contribution < -0.4 is 4.74 Å². The molecule has 0 saturated heterocycles. The fraction of sp³-hybridized carbons (Fsp3) is 0.679. The Morgan fingerprint density at radius 3 is 2.40 bits per heavy atom. The summed E-state index contributed by atoms with van der Waals surface area (Å²) in [6.45, 7) is 4.35. The summed E-state index contributed by atoms with van der Waals surface area (Å²) >= 11 is 0. The van der Waals surface area contributed by atoms with Crippen LogP contribution in [0, 0.1) is 35.0 Å². The van der Waals surface area contributed by atoms with E-state index in [1.807, 2.05) is 6.92 Å². The van der Waals surface area contributed by atoms with Crippen LogP contribution in [0.25, 0.3) is 0 Å². The summed E-state index contributed by atoms with van der Waals surface area (Å²) in [4.78, 5) is 11.6. The van der Waals surface area contributed by atoms with Crippen molar-refractivity contribution < 1.29 is 9.53 Å². The normalized spacial score (nSPS) is 26.5. The van der Waals surface area contributed by atoms with Crippen molar-refractivity contribution in [2.75, 3.05) is 6.61 Å². The van der Waals surface area contributed by atoms with Crippen LogP contribution in [-0.2, 0) is 4.79 Å². The molecule has 2 nitrogen and oxygen atoms in total. The van der Waals surface area contributed by atoms with Crippen LogP contribution >= 0.6 is 0 Å². The van der Waals surface area contributed by atoms with Crippen molar-refractivity contribution in [1.82, 2.24) is 0 Å². The average Bonchev–Trinajstić information content (AvgIpc) is 3.57. The summed E-state index contributed by atoms with van der Waals surface area (Å²) < 4.78 is 6.36. The summed E-state index contributed by atoms with van der Waals surface area (Å²) in [7, 11) is 0. The molecule has 3 saturated carbocycles. The van der Waals surface area contributed by atoms with E-state index in [4.69, 9.17) is 4.74 Å². The van der Waals surface area contributed by atoms with Crippen molar-refractivity contribution in [3.8, 4) is 17.6 Å². The topological polar surface area (TPSA) is 26.3 Å². The highest BCUT2D eigenvalue weighted by atomic mass is 16.5. The summed E-state index contributed by atoms with van der Waals surface area (Å²) in [5.74, 6) is 9.87. The van der Waals surface area contributed by atoms with Gasteiger partial charge in [0.05, 0.1) is 12.5 Å². The maximum Gasteiger partial charge on any atom is 0.131 e. The SMILES string of the molecule is CC#CC(CC(C)=O)c1ccc(OCC2CCCC3(CCCCC3)C2C2CC2)cc1. The first-order chi connectivity index (χ1) is 14.6. The van der Waals surface area contributed by atoms with E-state index in [0.717, 1.165) is 35.7 Å². The van der Waals surface area contributed by atoms with Gasteiger partial charge in [0.15, 0.2) is 0 Å². The van der Waals surface area contributed by atoms with Gasteiger partial charge in [-0.1, -0.05) is 43.7 Å². The predicted molar refractivity (Wildman–Crippen MR) is 122 cm³/mol. The highest BCUT2D eigenvalue weighted by Gasteiger charge is 2.51. The second-order valence-electron chi connectivity index (χ2n) is 10.2. The standard InChI is InChI=1S/C28H38O2/c1-3-8-24(19-21(2)29)22-12-14-26(15-13-22)30-20-25-9-7-18-28(16-5-4-6-17-28)27(25)23-10-11-23/h12-15,23-25,27H,4-7,9-11,16-20H2,1-2H3. The third-order valence-corrected chi connectivity index (χ3v) is 8.00. The van der Waals surface area contributed by atoms with Crippen LogP contribution in [-0.4, -0.2) is 12.4 Å². The summed E-state index contributed by atoms with van der Waals surface area (Å²) in [5.41, 5.74) is 1.75. The lowest BCUT2D eigenvalue weighted by Crippen LogP contribution is -2.43. The molecule has 0 aliphatic heterocycles. The molecule has 0 heterocycles. The first-order valence-electron chi connectivity index (χ1n) is 12.3. The third-order valence-electron chi connectivity index (χ3n) is 8.00. The van der Waals surface area contributed by atoms with Gasteiger partial charge in [0.2, 0.25) is 0 Å². The monoisotopic (exact) mass is 406 g/mol. The van der Waals surface area contributed by atoms with Gasteiger partial charge in [-0.2, -0.15) is 0 Å². The lowest BCUT2D eigenvalue weighted by molar-refractivity contribution is -0.117. The molecule has 162 valence electrons.